The Morgan fingerprint density at radius 1 is 1.30 bits per heavy atom. The molecule has 1 aliphatic heterocycles. The van der Waals surface area contributed by atoms with Crippen molar-refractivity contribution >= 4 is 5.69 Å². The second-order valence-corrected chi connectivity index (χ2v) is 5.99. The van der Waals surface area contributed by atoms with Crippen LogP contribution in [-0.4, -0.2) is 43.9 Å². The molecule has 1 saturated heterocycles. The van der Waals surface area contributed by atoms with Crippen LogP contribution in [0.2, 0.25) is 0 Å². The molecule has 1 aromatic carbocycles. The minimum absolute atomic E-state index is 0.0799. The molecule has 7 heteroatoms. The number of aromatic nitrogens is 2. The molecule has 23 heavy (non-hydrogen) atoms. The summed E-state index contributed by atoms with van der Waals surface area (Å²) in [5.74, 6) is 0. The molecule has 1 aliphatic rings. The molecule has 2 heterocycles. The zero-order valence-electron chi connectivity index (χ0n) is 13.1. The van der Waals surface area contributed by atoms with Gasteiger partial charge in [-0.05, 0) is 25.0 Å². The van der Waals surface area contributed by atoms with Crippen molar-refractivity contribution in [3.63, 3.8) is 0 Å². The van der Waals surface area contributed by atoms with E-state index in [1.807, 2.05) is 13.2 Å². The Labute approximate surface area is 134 Å². The second-order valence-electron chi connectivity index (χ2n) is 5.99. The lowest BCUT2D eigenvalue weighted by molar-refractivity contribution is -0.384. The van der Waals surface area contributed by atoms with E-state index in [1.165, 1.54) is 12.1 Å². The topological polar surface area (TPSA) is 84.4 Å². The van der Waals surface area contributed by atoms with Crippen molar-refractivity contribution < 1.29 is 10.0 Å². The predicted molar refractivity (Wildman–Crippen MR) is 85.8 cm³/mol. The van der Waals surface area contributed by atoms with Gasteiger partial charge in [-0.15, -0.1) is 0 Å². The van der Waals surface area contributed by atoms with Crippen LogP contribution < -0.4 is 0 Å². The van der Waals surface area contributed by atoms with Crippen molar-refractivity contribution in [3.8, 4) is 11.3 Å². The third-order valence-corrected chi connectivity index (χ3v) is 4.21. The minimum Gasteiger partial charge on any atom is -0.393 e. The number of aliphatic hydroxyl groups is 1. The lowest BCUT2D eigenvalue weighted by Crippen LogP contribution is -2.35. The first kappa shape index (κ1) is 15.6. The average Bonchev–Trinajstić information content (AvgIpc) is 2.90. The van der Waals surface area contributed by atoms with Crippen molar-refractivity contribution in [1.29, 1.82) is 0 Å². The van der Waals surface area contributed by atoms with Gasteiger partial charge in [0.05, 0.1) is 16.7 Å². The molecule has 0 radical (unpaired) electrons. The highest BCUT2D eigenvalue weighted by Crippen LogP contribution is 2.26. The van der Waals surface area contributed by atoms with Gasteiger partial charge >= 0.3 is 0 Å². The summed E-state index contributed by atoms with van der Waals surface area (Å²) in [6.45, 7) is 2.51. The number of non-ortho nitro benzene ring substituents is 1. The van der Waals surface area contributed by atoms with E-state index in [0.29, 0.717) is 0 Å². The van der Waals surface area contributed by atoms with Crippen molar-refractivity contribution in [3.05, 3.63) is 46.1 Å². The summed E-state index contributed by atoms with van der Waals surface area (Å²) < 4.78 is 1.77. The van der Waals surface area contributed by atoms with Crippen molar-refractivity contribution in [2.45, 2.75) is 25.5 Å². The van der Waals surface area contributed by atoms with E-state index in [1.54, 1.807) is 16.8 Å². The van der Waals surface area contributed by atoms with Crippen molar-refractivity contribution in [2.75, 3.05) is 13.1 Å². The number of nitrogens with zero attached hydrogens (tertiary/aromatic N) is 4. The minimum atomic E-state index is -0.401. The molecule has 7 nitrogen and oxygen atoms in total. The molecule has 1 fully saturated rings. The maximum atomic E-state index is 10.8. The van der Waals surface area contributed by atoms with Crippen LogP contribution in [0.3, 0.4) is 0 Å². The first-order valence-electron chi connectivity index (χ1n) is 7.70. The summed E-state index contributed by atoms with van der Waals surface area (Å²) in [6.07, 6.45) is 3.40. The van der Waals surface area contributed by atoms with E-state index in [-0.39, 0.29) is 11.8 Å². The van der Waals surface area contributed by atoms with E-state index < -0.39 is 4.92 Å². The second kappa shape index (κ2) is 6.47. The first-order valence-corrected chi connectivity index (χ1v) is 7.70. The van der Waals surface area contributed by atoms with Gasteiger partial charge in [-0.3, -0.25) is 19.7 Å². The van der Waals surface area contributed by atoms with E-state index in [0.717, 1.165) is 49.3 Å². The lowest BCUT2D eigenvalue weighted by atomic mass is 10.0. The third kappa shape index (κ3) is 3.57. The van der Waals surface area contributed by atoms with Crippen LogP contribution in [0.1, 0.15) is 18.4 Å². The molecule has 0 amide bonds. The van der Waals surface area contributed by atoms with Crippen LogP contribution >= 0.6 is 0 Å². The third-order valence-electron chi connectivity index (χ3n) is 4.21. The highest BCUT2D eigenvalue weighted by atomic mass is 16.6. The highest BCUT2D eigenvalue weighted by molar-refractivity contribution is 5.64. The molecular weight excluding hydrogens is 296 g/mol. The summed E-state index contributed by atoms with van der Waals surface area (Å²) in [5.41, 5.74) is 2.91. The van der Waals surface area contributed by atoms with Crippen LogP contribution in [0.5, 0.6) is 0 Å². The summed E-state index contributed by atoms with van der Waals surface area (Å²) in [4.78, 5) is 12.7. The smallest absolute Gasteiger partial charge is 0.269 e. The van der Waals surface area contributed by atoms with Gasteiger partial charge in [0.15, 0.2) is 0 Å². The Balaban J connectivity index is 1.81. The number of likely N-dealkylation sites (tertiary alicyclic amines) is 1. The highest BCUT2D eigenvalue weighted by Gasteiger charge is 2.20. The molecule has 1 N–H and O–H groups in total. The number of benzene rings is 1. The maximum Gasteiger partial charge on any atom is 0.269 e. The lowest BCUT2D eigenvalue weighted by Gasteiger charge is -2.29. The summed E-state index contributed by atoms with van der Waals surface area (Å²) in [7, 11) is 1.87. The molecular formula is C16H20N4O3. The zero-order valence-corrected chi connectivity index (χ0v) is 13.1. The van der Waals surface area contributed by atoms with Crippen molar-refractivity contribution in [1.82, 2.24) is 14.7 Å². The van der Waals surface area contributed by atoms with Gasteiger partial charge in [-0.1, -0.05) is 0 Å². The van der Waals surface area contributed by atoms with Gasteiger partial charge in [0.25, 0.3) is 5.69 Å². The Hall–Kier alpha value is -2.25. The fraction of sp³-hybridized carbons (Fsp3) is 0.438. The van der Waals surface area contributed by atoms with Gasteiger partial charge in [0, 0.05) is 56.1 Å². The first-order chi connectivity index (χ1) is 11.0. The molecule has 122 valence electrons. The van der Waals surface area contributed by atoms with E-state index in [9.17, 15) is 15.2 Å². The van der Waals surface area contributed by atoms with Crippen LogP contribution in [0.4, 0.5) is 5.69 Å². The largest absolute Gasteiger partial charge is 0.393 e. The number of hydrogen-bond donors (Lipinski definition) is 1. The number of piperidine rings is 1. The number of rotatable bonds is 4. The van der Waals surface area contributed by atoms with Crippen LogP contribution in [0.25, 0.3) is 11.3 Å². The van der Waals surface area contributed by atoms with Gasteiger partial charge in [-0.25, -0.2) is 0 Å². The number of aliphatic hydroxyl groups excluding tert-OH is 1. The number of hydrogen-bond acceptors (Lipinski definition) is 5. The van der Waals surface area contributed by atoms with E-state index >= 15 is 0 Å². The Bertz CT molecular complexity index is 688. The summed E-state index contributed by atoms with van der Waals surface area (Å²) in [6, 6.07) is 6.49. The van der Waals surface area contributed by atoms with Crippen LogP contribution in [0, 0.1) is 10.1 Å². The fourth-order valence-electron chi connectivity index (χ4n) is 2.96. The SMILES string of the molecule is Cn1cc(CN2CCC(O)CC2)c(-c2ccc([N+](=O)[O-])cc2)n1. The Kier molecular flexibility index (Phi) is 4.40. The molecule has 0 atom stereocenters. The monoisotopic (exact) mass is 316 g/mol. The van der Waals surface area contributed by atoms with Crippen molar-refractivity contribution in [2.24, 2.45) is 7.05 Å². The Morgan fingerprint density at radius 2 is 1.96 bits per heavy atom. The normalized spacial score (nSPS) is 16.6. The van der Waals surface area contributed by atoms with Crippen LogP contribution in [0.15, 0.2) is 30.5 Å². The van der Waals surface area contributed by atoms with Gasteiger partial charge in [0.1, 0.15) is 0 Å². The maximum absolute atomic E-state index is 10.8. The zero-order chi connectivity index (χ0) is 16.4. The molecule has 1 aromatic heterocycles. The number of nitro groups is 1. The van der Waals surface area contributed by atoms with Gasteiger partial charge in [-0.2, -0.15) is 5.10 Å². The molecule has 0 spiro atoms. The Morgan fingerprint density at radius 3 is 2.57 bits per heavy atom. The predicted octanol–water partition coefficient (Wildman–Crippen LogP) is 1.95. The van der Waals surface area contributed by atoms with Gasteiger partial charge in [0.2, 0.25) is 0 Å². The summed E-state index contributed by atoms with van der Waals surface area (Å²) >= 11 is 0. The van der Waals surface area contributed by atoms with Crippen LogP contribution in [-0.2, 0) is 13.6 Å². The molecule has 3 rings (SSSR count). The molecule has 0 aliphatic carbocycles. The average molecular weight is 316 g/mol. The molecule has 0 unspecified atom stereocenters. The van der Waals surface area contributed by atoms with E-state index in [2.05, 4.69) is 10.00 Å². The number of aryl methyl sites for hydroxylation is 1. The van der Waals surface area contributed by atoms with Gasteiger partial charge < -0.3 is 5.11 Å². The fourth-order valence-corrected chi connectivity index (χ4v) is 2.96. The molecule has 2 aromatic rings. The quantitative estimate of drug-likeness (QED) is 0.688. The van der Waals surface area contributed by atoms with E-state index in [4.69, 9.17) is 0 Å². The molecule has 0 saturated carbocycles. The number of nitro benzene ring substituents is 1. The summed E-state index contributed by atoms with van der Waals surface area (Å²) in [5, 5.41) is 24.9. The molecule has 0 bridgehead atoms. The standard InChI is InChI=1S/C16H20N4O3/c1-18-10-13(11-19-8-6-15(21)7-9-19)16(17-18)12-2-4-14(5-3-12)20(22)23/h2-5,10,15,21H,6-9,11H2,1H3.